The summed E-state index contributed by atoms with van der Waals surface area (Å²) in [4.78, 5) is 19.1. The number of nitrogens with one attached hydrogen (secondary N) is 1. The van der Waals surface area contributed by atoms with E-state index < -0.39 is 5.54 Å². The predicted molar refractivity (Wildman–Crippen MR) is 106 cm³/mol. The van der Waals surface area contributed by atoms with Crippen molar-refractivity contribution in [2.24, 2.45) is 0 Å². The lowest BCUT2D eigenvalue weighted by Gasteiger charge is -2.23. The number of benzene rings is 1. The molecule has 1 amide bonds. The van der Waals surface area contributed by atoms with Crippen LogP contribution >= 0.6 is 0 Å². The van der Waals surface area contributed by atoms with Gasteiger partial charge in [0.25, 0.3) is 0 Å². The second-order valence-corrected chi connectivity index (χ2v) is 7.79. The third kappa shape index (κ3) is 3.26. The average Bonchev–Trinajstić information content (AvgIpc) is 3.23. The number of hydrogen-bond acceptors (Lipinski definition) is 4. The number of carbonyl (C=O) groups excluding carboxylic acids is 1. The van der Waals surface area contributed by atoms with E-state index in [0.717, 1.165) is 42.8 Å². The number of pyridine rings is 1. The number of halogens is 1. The van der Waals surface area contributed by atoms with Crippen LogP contribution in [0.1, 0.15) is 43.6 Å². The smallest absolute Gasteiger partial charge is 0.242 e. The highest BCUT2D eigenvalue weighted by molar-refractivity contribution is 5.88. The van der Waals surface area contributed by atoms with Gasteiger partial charge in [0.15, 0.2) is 0 Å². The molecule has 2 atom stereocenters. The van der Waals surface area contributed by atoms with Crippen molar-refractivity contribution in [3.8, 4) is 16.9 Å². The molecule has 6 heteroatoms. The van der Waals surface area contributed by atoms with E-state index in [0.29, 0.717) is 17.9 Å². The van der Waals surface area contributed by atoms with Crippen LogP contribution in [0.3, 0.4) is 0 Å². The Morgan fingerprint density at radius 2 is 2.14 bits per heavy atom. The Morgan fingerprint density at radius 3 is 2.86 bits per heavy atom. The zero-order valence-corrected chi connectivity index (χ0v) is 16.6. The summed E-state index contributed by atoms with van der Waals surface area (Å²) in [6.45, 7) is 5.13. The van der Waals surface area contributed by atoms with Gasteiger partial charge in [-0.1, -0.05) is 0 Å². The Bertz CT molecular complexity index is 917. The average molecular weight is 383 g/mol. The van der Waals surface area contributed by atoms with Gasteiger partial charge >= 0.3 is 0 Å². The monoisotopic (exact) mass is 383 g/mol. The van der Waals surface area contributed by atoms with E-state index in [-0.39, 0.29) is 17.8 Å². The summed E-state index contributed by atoms with van der Waals surface area (Å²) in [6, 6.07) is 8.62. The number of aromatic nitrogens is 1. The van der Waals surface area contributed by atoms with Crippen LogP contribution in [-0.2, 0) is 4.79 Å². The molecule has 2 saturated heterocycles. The molecule has 1 spiro atoms. The van der Waals surface area contributed by atoms with E-state index in [2.05, 4.69) is 10.3 Å². The van der Waals surface area contributed by atoms with Crippen molar-refractivity contribution in [1.29, 1.82) is 0 Å². The SMILES string of the molecule is CCOc1ccc(F)c(-c2cc(C)nc([C@H]3CC[C@@]4(CCN(C)C4=O)N3)c2)c1. The lowest BCUT2D eigenvalue weighted by Crippen LogP contribution is -2.47. The molecule has 1 N–H and O–H groups in total. The number of ether oxygens (including phenoxy) is 1. The van der Waals surface area contributed by atoms with Crippen molar-refractivity contribution >= 4 is 5.91 Å². The number of amides is 1. The zero-order valence-electron chi connectivity index (χ0n) is 16.6. The molecule has 0 aliphatic carbocycles. The summed E-state index contributed by atoms with van der Waals surface area (Å²) < 4.78 is 20.1. The molecule has 0 bridgehead atoms. The number of rotatable bonds is 4. The summed E-state index contributed by atoms with van der Waals surface area (Å²) in [5.74, 6) is 0.522. The van der Waals surface area contributed by atoms with Crippen LogP contribution in [0.15, 0.2) is 30.3 Å². The Morgan fingerprint density at radius 1 is 1.32 bits per heavy atom. The first-order chi connectivity index (χ1) is 13.4. The van der Waals surface area contributed by atoms with Gasteiger partial charge in [0.2, 0.25) is 5.91 Å². The molecular weight excluding hydrogens is 357 g/mol. The number of carbonyl (C=O) groups is 1. The molecule has 2 aliphatic rings. The molecule has 148 valence electrons. The van der Waals surface area contributed by atoms with Crippen molar-refractivity contribution in [3.63, 3.8) is 0 Å². The fourth-order valence-electron chi connectivity index (χ4n) is 4.40. The van der Waals surface area contributed by atoms with Gasteiger partial charge in [0, 0.05) is 24.8 Å². The van der Waals surface area contributed by atoms with Gasteiger partial charge in [-0.2, -0.15) is 0 Å². The fourth-order valence-corrected chi connectivity index (χ4v) is 4.40. The van der Waals surface area contributed by atoms with E-state index >= 15 is 0 Å². The number of hydrogen-bond donors (Lipinski definition) is 1. The van der Waals surface area contributed by atoms with Gasteiger partial charge in [-0.15, -0.1) is 0 Å². The van der Waals surface area contributed by atoms with Crippen molar-refractivity contribution in [3.05, 3.63) is 47.5 Å². The van der Waals surface area contributed by atoms with Gasteiger partial charge in [0.1, 0.15) is 17.1 Å². The molecule has 4 rings (SSSR count). The molecule has 1 aromatic carbocycles. The first-order valence-corrected chi connectivity index (χ1v) is 9.86. The van der Waals surface area contributed by atoms with Crippen LogP contribution in [0.25, 0.3) is 11.1 Å². The minimum absolute atomic E-state index is 0.00719. The summed E-state index contributed by atoms with van der Waals surface area (Å²) in [7, 11) is 1.85. The maximum atomic E-state index is 14.5. The summed E-state index contributed by atoms with van der Waals surface area (Å²) in [5, 5.41) is 3.54. The molecule has 2 fully saturated rings. The van der Waals surface area contributed by atoms with Gasteiger partial charge < -0.3 is 9.64 Å². The summed E-state index contributed by atoms with van der Waals surface area (Å²) >= 11 is 0. The molecule has 2 aromatic rings. The highest BCUT2D eigenvalue weighted by Gasteiger charge is 2.50. The second-order valence-electron chi connectivity index (χ2n) is 7.79. The minimum Gasteiger partial charge on any atom is -0.494 e. The molecule has 0 saturated carbocycles. The molecule has 5 nitrogen and oxygen atoms in total. The Kier molecular flexibility index (Phi) is 4.83. The van der Waals surface area contributed by atoms with Crippen LogP contribution in [0.5, 0.6) is 5.75 Å². The van der Waals surface area contributed by atoms with Crippen molar-refractivity contribution in [1.82, 2.24) is 15.2 Å². The first-order valence-electron chi connectivity index (χ1n) is 9.86. The normalized spacial score (nSPS) is 24.4. The minimum atomic E-state index is -0.467. The van der Waals surface area contributed by atoms with Crippen molar-refractivity contribution in [2.45, 2.75) is 44.7 Å². The largest absolute Gasteiger partial charge is 0.494 e. The first kappa shape index (κ1) is 18.9. The second kappa shape index (κ2) is 7.17. The lowest BCUT2D eigenvalue weighted by atomic mass is 9.96. The topological polar surface area (TPSA) is 54.5 Å². The van der Waals surface area contributed by atoms with Gasteiger partial charge in [-0.25, -0.2) is 4.39 Å². The van der Waals surface area contributed by atoms with E-state index in [9.17, 15) is 9.18 Å². The van der Waals surface area contributed by atoms with Crippen LogP contribution in [0.2, 0.25) is 0 Å². The fraction of sp³-hybridized carbons (Fsp3) is 0.455. The van der Waals surface area contributed by atoms with E-state index in [1.165, 1.54) is 6.07 Å². The molecule has 0 unspecified atom stereocenters. The predicted octanol–water partition coefficient (Wildman–Crippen LogP) is 3.62. The molecule has 0 radical (unpaired) electrons. The number of nitrogens with zero attached hydrogens (tertiary/aromatic N) is 2. The maximum Gasteiger partial charge on any atom is 0.242 e. The highest BCUT2D eigenvalue weighted by Crippen LogP contribution is 2.39. The number of aryl methyl sites for hydroxylation is 1. The zero-order chi connectivity index (χ0) is 19.9. The van der Waals surface area contributed by atoms with E-state index in [1.807, 2.05) is 33.0 Å². The van der Waals surface area contributed by atoms with Crippen LogP contribution in [0.4, 0.5) is 4.39 Å². The quantitative estimate of drug-likeness (QED) is 0.876. The third-order valence-corrected chi connectivity index (χ3v) is 5.83. The maximum absolute atomic E-state index is 14.5. The van der Waals surface area contributed by atoms with Crippen LogP contribution in [0, 0.1) is 12.7 Å². The van der Waals surface area contributed by atoms with E-state index in [4.69, 9.17) is 4.74 Å². The van der Waals surface area contributed by atoms with Gasteiger partial charge in [0.05, 0.1) is 18.3 Å². The molecule has 28 heavy (non-hydrogen) atoms. The summed E-state index contributed by atoms with van der Waals surface area (Å²) in [6.07, 6.45) is 2.47. The van der Waals surface area contributed by atoms with Gasteiger partial charge in [-0.3, -0.25) is 15.1 Å². The highest BCUT2D eigenvalue weighted by atomic mass is 19.1. The van der Waals surface area contributed by atoms with Crippen molar-refractivity contribution < 1.29 is 13.9 Å². The number of likely N-dealkylation sites (N-methyl/N-ethyl adjacent to an activating group) is 1. The molecule has 3 heterocycles. The molecule has 2 aliphatic heterocycles. The van der Waals surface area contributed by atoms with E-state index in [1.54, 1.807) is 17.0 Å². The van der Waals surface area contributed by atoms with Crippen molar-refractivity contribution in [2.75, 3.05) is 20.2 Å². The Labute approximate surface area is 164 Å². The molecule has 1 aromatic heterocycles. The summed E-state index contributed by atoms with van der Waals surface area (Å²) in [5.41, 5.74) is 2.49. The third-order valence-electron chi connectivity index (χ3n) is 5.83. The Hall–Kier alpha value is -2.47. The van der Waals surface area contributed by atoms with Gasteiger partial charge in [-0.05, 0) is 69.0 Å². The van der Waals surface area contributed by atoms with Crippen LogP contribution < -0.4 is 10.1 Å². The standard InChI is InChI=1S/C22H26FN3O2/c1-4-28-16-5-6-18(23)17(13-16)15-11-14(2)24-20(12-15)19-7-8-22(25-19)9-10-26(3)21(22)27/h5-6,11-13,19,25H,4,7-10H2,1-3H3/t19-,22+/m1/s1. The number of likely N-dealkylation sites (tertiary alicyclic amines) is 1. The lowest BCUT2D eigenvalue weighted by molar-refractivity contribution is -0.131. The van der Waals surface area contributed by atoms with Crippen LogP contribution in [-0.4, -0.2) is 41.5 Å². The molecular formula is C22H26FN3O2. The Balaban J connectivity index is 1.66.